The van der Waals surface area contributed by atoms with Crippen molar-refractivity contribution in [1.82, 2.24) is 0 Å². The molecular formula is C4H9BO. The third-order valence-electron chi connectivity index (χ3n) is 0.391. The lowest BCUT2D eigenvalue weighted by Gasteiger charge is -1.96. The van der Waals surface area contributed by atoms with Gasteiger partial charge in [-0.25, -0.2) is 0 Å². The molecule has 0 aromatic rings. The monoisotopic (exact) mass is 84.1 g/mol. The van der Waals surface area contributed by atoms with Gasteiger partial charge >= 0.3 is 0 Å². The summed E-state index contributed by atoms with van der Waals surface area (Å²) in [6.45, 7) is 6.19. The number of rotatable bonds is 2. The topological polar surface area (TPSA) is 9.23 Å². The third-order valence-corrected chi connectivity index (χ3v) is 0.391. The van der Waals surface area contributed by atoms with Crippen LogP contribution in [0, 0.1) is 0 Å². The molecule has 2 heteroatoms. The molecule has 0 unspecified atom stereocenters. The van der Waals surface area contributed by atoms with Crippen LogP contribution >= 0.6 is 0 Å². The molecule has 0 radical (unpaired) electrons. The summed E-state index contributed by atoms with van der Waals surface area (Å²) >= 11 is 0. The summed E-state index contributed by atoms with van der Waals surface area (Å²) in [7, 11) is 1.84. The van der Waals surface area contributed by atoms with E-state index in [0.29, 0.717) is 0 Å². The summed E-state index contributed by atoms with van der Waals surface area (Å²) < 4.78 is 4.85. The van der Waals surface area contributed by atoms with Crippen LogP contribution in [-0.2, 0) is 4.74 Å². The Morgan fingerprint density at radius 3 is 2.50 bits per heavy atom. The zero-order valence-electron chi connectivity index (χ0n) is 4.32. The van der Waals surface area contributed by atoms with Gasteiger partial charge in [-0.1, -0.05) is 6.58 Å². The van der Waals surface area contributed by atoms with Gasteiger partial charge < -0.3 is 4.74 Å². The maximum absolute atomic E-state index is 4.85. The normalized spacial score (nSPS) is 7.50. The lowest BCUT2D eigenvalue weighted by Crippen LogP contribution is -1.86. The lowest BCUT2D eigenvalue weighted by atomic mass is 10.1. The fraction of sp³-hybridized carbons (Fsp3) is 0.500. The van der Waals surface area contributed by atoms with Crippen molar-refractivity contribution in [3.63, 3.8) is 0 Å². The highest BCUT2D eigenvalue weighted by Crippen LogP contribution is 1.80. The molecule has 0 aliphatic carbocycles. The molecule has 0 saturated carbocycles. The highest BCUT2D eigenvalue weighted by Gasteiger charge is 1.73. The van der Waals surface area contributed by atoms with E-state index in [1.165, 1.54) is 0 Å². The summed E-state index contributed by atoms with van der Waals surface area (Å²) in [6.07, 6.45) is 0. The van der Waals surface area contributed by atoms with Crippen LogP contribution in [0.1, 0.15) is 6.92 Å². The largest absolute Gasteiger partial charge is 0.510 e. The average molecular weight is 83.9 g/mol. The van der Waals surface area contributed by atoms with Crippen molar-refractivity contribution in [3.05, 3.63) is 12.2 Å². The van der Waals surface area contributed by atoms with Crippen molar-refractivity contribution in [3.8, 4) is 0 Å². The molecule has 6 heavy (non-hydrogen) atoms. The minimum atomic E-state index is 0.731. The minimum Gasteiger partial charge on any atom is -0.510 e. The van der Waals surface area contributed by atoms with Crippen LogP contribution in [0.15, 0.2) is 12.2 Å². The molecule has 0 aromatic carbocycles. The van der Waals surface area contributed by atoms with Crippen molar-refractivity contribution in [2.75, 3.05) is 6.61 Å². The second kappa shape index (κ2) is 2.82. The summed E-state index contributed by atoms with van der Waals surface area (Å²) in [5.74, 6) is 0. The van der Waals surface area contributed by atoms with Crippen LogP contribution in [0.3, 0.4) is 0 Å². The molecule has 0 fully saturated rings. The number of ether oxygens (including phenoxy) is 1. The molecule has 0 spiro atoms. The summed E-state index contributed by atoms with van der Waals surface area (Å²) in [6, 6.07) is 0. The molecule has 0 atom stereocenters. The van der Waals surface area contributed by atoms with Gasteiger partial charge in [0.15, 0.2) is 7.85 Å². The standard InChI is InChI=1S/C4H9BO/c1-3-6-4(2)5/h2-3,5H2,1H3. The van der Waals surface area contributed by atoms with Gasteiger partial charge in [0.1, 0.15) is 0 Å². The van der Waals surface area contributed by atoms with Crippen molar-refractivity contribution in [2.24, 2.45) is 0 Å². The van der Waals surface area contributed by atoms with E-state index < -0.39 is 0 Å². The van der Waals surface area contributed by atoms with Crippen LogP contribution in [0.2, 0.25) is 0 Å². The molecular weight excluding hydrogens is 74.9 g/mol. The molecule has 0 heterocycles. The Kier molecular flexibility index (Phi) is 2.64. The first-order valence-corrected chi connectivity index (χ1v) is 2.05. The Balaban J connectivity index is 2.83. The van der Waals surface area contributed by atoms with Crippen molar-refractivity contribution < 1.29 is 4.74 Å². The van der Waals surface area contributed by atoms with E-state index in [1.807, 2.05) is 14.8 Å². The predicted molar refractivity (Wildman–Crippen MR) is 29.3 cm³/mol. The van der Waals surface area contributed by atoms with E-state index in [2.05, 4.69) is 6.58 Å². The van der Waals surface area contributed by atoms with Gasteiger partial charge in [-0.2, -0.15) is 0 Å². The van der Waals surface area contributed by atoms with Gasteiger partial charge in [0, 0.05) is 5.66 Å². The second-order valence-corrected chi connectivity index (χ2v) is 1.14. The molecule has 0 saturated heterocycles. The van der Waals surface area contributed by atoms with Crippen LogP contribution in [-0.4, -0.2) is 14.5 Å². The van der Waals surface area contributed by atoms with Gasteiger partial charge in [-0.3, -0.25) is 0 Å². The van der Waals surface area contributed by atoms with E-state index >= 15 is 0 Å². The van der Waals surface area contributed by atoms with Crippen molar-refractivity contribution in [1.29, 1.82) is 0 Å². The quantitative estimate of drug-likeness (QED) is 0.341. The van der Waals surface area contributed by atoms with E-state index in [-0.39, 0.29) is 0 Å². The fourth-order valence-corrected chi connectivity index (χ4v) is 0.246. The molecule has 0 rings (SSSR count). The highest BCUT2D eigenvalue weighted by atomic mass is 16.5. The Hall–Kier alpha value is -0.395. The SMILES string of the molecule is BC(=C)OCC. The van der Waals surface area contributed by atoms with Crippen LogP contribution in [0.4, 0.5) is 0 Å². The molecule has 0 aliphatic heterocycles. The van der Waals surface area contributed by atoms with E-state index in [9.17, 15) is 0 Å². The molecule has 0 aromatic heterocycles. The second-order valence-electron chi connectivity index (χ2n) is 1.14. The molecule has 34 valence electrons. The Morgan fingerprint density at radius 2 is 2.50 bits per heavy atom. The smallest absolute Gasteiger partial charge is 0.184 e. The molecule has 0 bridgehead atoms. The Morgan fingerprint density at radius 1 is 2.00 bits per heavy atom. The first kappa shape index (κ1) is 5.60. The Labute approximate surface area is 39.4 Å². The number of hydrogen-bond acceptors (Lipinski definition) is 1. The van der Waals surface area contributed by atoms with Gasteiger partial charge in [0.25, 0.3) is 0 Å². The average Bonchev–Trinajstić information content (AvgIpc) is 1.35. The fourth-order valence-electron chi connectivity index (χ4n) is 0.246. The Bertz CT molecular complexity index is 51.5. The molecule has 1 nitrogen and oxygen atoms in total. The van der Waals surface area contributed by atoms with Crippen molar-refractivity contribution in [2.45, 2.75) is 6.92 Å². The predicted octanol–water partition coefficient (Wildman–Crippen LogP) is 0.127. The maximum atomic E-state index is 4.85. The summed E-state index contributed by atoms with van der Waals surface area (Å²) in [4.78, 5) is 0. The van der Waals surface area contributed by atoms with Gasteiger partial charge in [-0.05, 0) is 6.92 Å². The first-order chi connectivity index (χ1) is 2.77. The van der Waals surface area contributed by atoms with Crippen LogP contribution < -0.4 is 0 Å². The zero-order chi connectivity index (χ0) is 4.99. The van der Waals surface area contributed by atoms with Gasteiger partial charge in [0.2, 0.25) is 0 Å². The van der Waals surface area contributed by atoms with Gasteiger partial charge in [-0.15, -0.1) is 0 Å². The van der Waals surface area contributed by atoms with E-state index in [0.717, 1.165) is 12.3 Å². The lowest BCUT2D eigenvalue weighted by molar-refractivity contribution is 0.256. The van der Waals surface area contributed by atoms with E-state index in [4.69, 9.17) is 4.74 Å². The number of hydrogen-bond donors (Lipinski definition) is 0. The summed E-state index contributed by atoms with van der Waals surface area (Å²) in [5.41, 5.74) is 0.789. The minimum absolute atomic E-state index is 0.731. The molecule has 0 amide bonds. The summed E-state index contributed by atoms with van der Waals surface area (Å²) in [5, 5.41) is 0. The van der Waals surface area contributed by atoms with Crippen molar-refractivity contribution >= 4 is 7.85 Å². The van der Waals surface area contributed by atoms with Gasteiger partial charge in [0.05, 0.1) is 6.61 Å². The molecule has 0 aliphatic rings. The van der Waals surface area contributed by atoms with Crippen LogP contribution in [0.25, 0.3) is 0 Å². The first-order valence-electron chi connectivity index (χ1n) is 2.05. The van der Waals surface area contributed by atoms with E-state index in [1.54, 1.807) is 0 Å². The highest BCUT2D eigenvalue weighted by molar-refractivity contribution is 6.19. The van der Waals surface area contributed by atoms with Crippen LogP contribution in [0.5, 0.6) is 0 Å². The third kappa shape index (κ3) is 3.60. The maximum Gasteiger partial charge on any atom is 0.184 e. The molecule has 0 N–H and O–H groups in total. The zero-order valence-corrected chi connectivity index (χ0v) is 4.32.